The topological polar surface area (TPSA) is 32.3 Å². The molecule has 0 unspecified atom stereocenters. The van der Waals surface area contributed by atoms with E-state index in [9.17, 15) is 5.11 Å². The molecule has 1 aliphatic carbocycles. The molecule has 0 saturated heterocycles. The van der Waals surface area contributed by atoms with Gasteiger partial charge in [-0.3, -0.25) is 0 Å². The molecule has 0 atom stereocenters. The highest BCUT2D eigenvalue weighted by atomic mass is 16.3. The van der Waals surface area contributed by atoms with E-state index < -0.39 is 0 Å². The van der Waals surface area contributed by atoms with Crippen molar-refractivity contribution in [3.8, 4) is 0 Å². The Morgan fingerprint density at radius 1 is 1.33 bits per heavy atom. The Bertz CT molecular complexity index is 150. The summed E-state index contributed by atoms with van der Waals surface area (Å²) in [5, 5.41) is 12.7. The zero-order valence-corrected chi connectivity index (χ0v) is 8.65. The summed E-state index contributed by atoms with van der Waals surface area (Å²) < 4.78 is 0. The van der Waals surface area contributed by atoms with Crippen molar-refractivity contribution in [1.29, 1.82) is 0 Å². The van der Waals surface area contributed by atoms with E-state index in [0.717, 1.165) is 12.8 Å². The van der Waals surface area contributed by atoms with E-state index in [2.05, 4.69) is 33.0 Å². The summed E-state index contributed by atoms with van der Waals surface area (Å²) in [4.78, 5) is 0. The van der Waals surface area contributed by atoms with Gasteiger partial charge in [0.25, 0.3) is 0 Å². The fraction of sp³-hybridized carbons (Fsp3) is 1.00. The maximum Gasteiger partial charge on any atom is 0.0613 e. The number of hydrogen-bond acceptors (Lipinski definition) is 2. The molecule has 2 heteroatoms. The lowest BCUT2D eigenvalue weighted by Crippen LogP contribution is -2.62. The van der Waals surface area contributed by atoms with Gasteiger partial charge in [-0.05, 0) is 18.3 Å². The van der Waals surface area contributed by atoms with E-state index in [1.165, 1.54) is 0 Å². The molecular weight excluding hydrogens is 150 g/mol. The molecule has 72 valence electrons. The van der Waals surface area contributed by atoms with E-state index in [-0.39, 0.29) is 12.1 Å². The molecule has 1 rings (SSSR count). The Morgan fingerprint density at radius 3 is 2.08 bits per heavy atom. The molecule has 1 aliphatic rings. The molecule has 0 radical (unpaired) electrons. The van der Waals surface area contributed by atoms with Gasteiger partial charge in [0.1, 0.15) is 0 Å². The highest BCUT2D eigenvalue weighted by Crippen LogP contribution is 2.47. The van der Waals surface area contributed by atoms with Gasteiger partial charge in [-0.15, -0.1) is 0 Å². The van der Waals surface area contributed by atoms with Gasteiger partial charge >= 0.3 is 0 Å². The average molecular weight is 171 g/mol. The van der Waals surface area contributed by atoms with Crippen LogP contribution in [-0.4, -0.2) is 23.3 Å². The smallest absolute Gasteiger partial charge is 0.0613 e. The van der Waals surface area contributed by atoms with Crippen molar-refractivity contribution in [3.05, 3.63) is 0 Å². The van der Waals surface area contributed by atoms with Gasteiger partial charge in [-0.2, -0.15) is 0 Å². The van der Waals surface area contributed by atoms with Crippen LogP contribution in [0.25, 0.3) is 0 Å². The van der Waals surface area contributed by atoms with Gasteiger partial charge in [0.2, 0.25) is 0 Å². The number of aliphatic hydroxyl groups excluding tert-OH is 1. The predicted octanol–water partition coefficient (Wildman–Crippen LogP) is 1.54. The van der Waals surface area contributed by atoms with Crippen LogP contribution in [0.2, 0.25) is 0 Å². The molecule has 1 saturated carbocycles. The summed E-state index contributed by atoms with van der Waals surface area (Å²) in [6, 6.07) is 0.466. The van der Waals surface area contributed by atoms with Gasteiger partial charge in [-0.1, -0.05) is 27.7 Å². The first-order valence-corrected chi connectivity index (χ1v) is 4.78. The molecule has 12 heavy (non-hydrogen) atoms. The Morgan fingerprint density at radius 2 is 1.83 bits per heavy atom. The first kappa shape index (κ1) is 10.0. The Balaban J connectivity index is 2.47. The maximum absolute atomic E-state index is 9.26. The van der Waals surface area contributed by atoms with E-state index >= 15 is 0 Å². The van der Waals surface area contributed by atoms with Crippen LogP contribution in [0.4, 0.5) is 0 Å². The second-order valence-electron chi connectivity index (χ2n) is 5.26. The van der Waals surface area contributed by atoms with Crippen molar-refractivity contribution in [2.45, 2.75) is 52.1 Å². The SMILES string of the molecule is CC(C)NC1(CO)CC(C)(C)C1. The molecule has 0 amide bonds. The number of nitrogens with one attached hydrogen (secondary N) is 1. The fourth-order valence-electron chi connectivity index (χ4n) is 2.65. The molecule has 0 heterocycles. The minimum atomic E-state index is 0.0255. The Hall–Kier alpha value is -0.0800. The van der Waals surface area contributed by atoms with Gasteiger partial charge in [0, 0.05) is 11.6 Å². The summed E-state index contributed by atoms with van der Waals surface area (Å²) in [6.45, 7) is 9.03. The van der Waals surface area contributed by atoms with E-state index in [1.54, 1.807) is 0 Å². The van der Waals surface area contributed by atoms with Crippen molar-refractivity contribution in [3.63, 3.8) is 0 Å². The maximum atomic E-state index is 9.26. The molecule has 0 aromatic carbocycles. The standard InChI is InChI=1S/C10H21NO/c1-8(2)11-10(7-12)5-9(3,4)6-10/h8,11-12H,5-7H2,1-4H3. The monoisotopic (exact) mass is 171 g/mol. The number of aliphatic hydroxyl groups is 1. The minimum Gasteiger partial charge on any atom is -0.394 e. The second kappa shape index (κ2) is 3.00. The first-order chi connectivity index (χ1) is 5.39. The van der Waals surface area contributed by atoms with Crippen LogP contribution in [-0.2, 0) is 0 Å². The molecule has 1 fully saturated rings. The zero-order valence-electron chi connectivity index (χ0n) is 8.65. The molecule has 0 aromatic rings. The molecular formula is C10H21NO. The zero-order chi connectivity index (χ0) is 9.41. The lowest BCUT2D eigenvalue weighted by atomic mass is 9.59. The van der Waals surface area contributed by atoms with Crippen molar-refractivity contribution in [1.82, 2.24) is 5.32 Å². The van der Waals surface area contributed by atoms with Crippen LogP contribution in [0, 0.1) is 5.41 Å². The summed E-state index contributed by atoms with van der Waals surface area (Å²) in [6.07, 6.45) is 2.18. The van der Waals surface area contributed by atoms with Crippen LogP contribution >= 0.6 is 0 Å². The van der Waals surface area contributed by atoms with Crippen LogP contribution in [0.5, 0.6) is 0 Å². The minimum absolute atomic E-state index is 0.0255. The van der Waals surface area contributed by atoms with Crippen molar-refractivity contribution in [2.24, 2.45) is 5.41 Å². The summed E-state index contributed by atoms with van der Waals surface area (Å²) >= 11 is 0. The molecule has 2 N–H and O–H groups in total. The normalized spacial score (nSPS) is 25.5. The highest BCUT2D eigenvalue weighted by molar-refractivity contribution is 5.05. The van der Waals surface area contributed by atoms with E-state index in [1.807, 2.05) is 0 Å². The lowest BCUT2D eigenvalue weighted by molar-refractivity contribution is -0.0164. The summed E-state index contributed by atoms with van der Waals surface area (Å²) in [7, 11) is 0. The van der Waals surface area contributed by atoms with Gasteiger partial charge in [0.05, 0.1) is 6.61 Å². The fourth-order valence-corrected chi connectivity index (χ4v) is 2.65. The van der Waals surface area contributed by atoms with Crippen LogP contribution < -0.4 is 5.32 Å². The Labute approximate surface area is 75.4 Å². The van der Waals surface area contributed by atoms with E-state index in [0.29, 0.717) is 11.5 Å². The third kappa shape index (κ3) is 1.99. The predicted molar refractivity (Wildman–Crippen MR) is 51.1 cm³/mol. The van der Waals surface area contributed by atoms with Gasteiger partial charge in [-0.25, -0.2) is 0 Å². The van der Waals surface area contributed by atoms with Gasteiger partial charge < -0.3 is 10.4 Å². The molecule has 0 aromatic heterocycles. The average Bonchev–Trinajstić information content (AvgIpc) is 1.81. The van der Waals surface area contributed by atoms with Crippen molar-refractivity contribution < 1.29 is 5.11 Å². The Kier molecular flexibility index (Phi) is 2.50. The molecule has 0 aliphatic heterocycles. The summed E-state index contributed by atoms with van der Waals surface area (Å²) in [5.41, 5.74) is 0.447. The first-order valence-electron chi connectivity index (χ1n) is 4.78. The third-order valence-corrected chi connectivity index (χ3v) is 2.53. The largest absolute Gasteiger partial charge is 0.394 e. The third-order valence-electron chi connectivity index (χ3n) is 2.53. The number of hydrogen-bond donors (Lipinski definition) is 2. The van der Waals surface area contributed by atoms with Crippen LogP contribution in [0.1, 0.15) is 40.5 Å². The van der Waals surface area contributed by atoms with Gasteiger partial charge in [0.15, 0.2) is 0 Å². The molecule has 0 bridgehead atoms. The van der Waals surface area contributed by atoms with Crippen LogP contribution in [0.15, 0.2) is 0 Å². The second-order valence-corrected chi connectivity index (χ2v) is 5.26. The summed E-state index contributed by atoms with van der Waals surface area (Å²) in [5.74, 6) is 0. The number of rotatable bonds is 3. The van der Waals surface area contributed by atoms with Crippen molar-refractivity contribution in [2.75, 3.05) is 6.61 Å². The van der Waals surface area contributed by atoms with Crippen molar-refractivity contribution >= 4 is 0 Å². The molecule has 0 spiro atoms. The highest BCUT2D eigenvalue weighted by Gasteiger charge is 2.48. The quantitative estimate of drug-likeness (QED) is 0.675. The molecule has 2 nitrogen and oxygen atoms in total. The van der Waals surface area contributed by atoms with E-state index in [4.69, 9.17) is 0 Å². The van der Waals surface area contributed by atoms with Crippen LogP contribution in [0.3, 0.4) is 0 Å². The lowest BCUT2D eigenvalue weighted by Gasteiger charge is -2.53.